The first-order chi connectivity index (χ1) is 7.36. The lowest BCUT2D eigenvalue weighted by Crippen LogP contribution is -1.91. The second-order valence-electron chi connectivity index (χ2n) is 2.82. The number of aromatic nitrogens is 2. The van der Waals surface area contributed by atoms with Gasteiger partial charge < -0.3 is 0 Å². The molecular formula is C11H8N2OS. The minimum Gasteiger partial charge on any atom is -0.287 e. The lowest BCUT2D eigenvalue weighted by atomic mass is 10.2. The van der Waals surface area contributed by atoms with E-state index < -0.39 is 0 Å². The van der Waals surface area contributed by atoms with Crippen LogP contribution in [0.1, 0.15) is 15.4 Å². The molecule has 0 fully saturated rings. The Bertz CT molecular complexity index is 463. The van der Waals surface area contributed by atoms with Crippen LogP contribution < -0.4 is 0 Å². The maximum atomic E-state index is 11.5. The summed E-state index contributed by atoms with van der Waals surface area (Å²) in [5, 5.41) is 2.29. The predicted molar refractivity (Wildman–Crippen MR) is 59.7 cm³/mol. The molecule has 0 saturated carbocycles. The number of nitrogens with zero attached hydrogens (tertiary/aromatic N) is 2. The van der Waals surface area contributed by atoms with Crippen molar-refractivity contribution in [2.45, 2.75) is 0 Å². The Balaban J connectivity index is 2.10. The zero-order valence-electron chi connectivity index (χ0n) is 7.83. The Kier molecular flexibility index (Phi) is 2.99. The highest BCUT2D eigenvalue weighted by Gasteiger charge is 2.02. The van der Waals surface area contributed by atoms with E-state index in [0.717, 1.165) is 5.56 Å². The molecule has 0 aromatic carbocycles. The summed E-state index contributed by atoms with van der Waals surface area (Å²) in [4.78, 5) is 19.4. The number of pyridine rings is 1. The van der Waals surface area contributed by atoms with Crippen molar-refractivity contribution in [3.05, 3.63) is 52.8 Å². The Labute approximate surface area is 91.1 Å². The van der Waals surface area contributed by atoms with Crippen LogP contribution in [-0.2, 0) is 0 Å². The molecule has 74 valence electrons. The summed E-state index contributed by atoms with van der Waals surface area (Å²) in [7, 11) is 0. The average Bonchev–Trinajstić information content (AvgIpc) is 2.81. The van der Waals surface area contributed by atoms with Gasteiger partial charge in [-0.05, 0) is 23.8 Å². The summed E-state index contributed by atoms with van der Waals surface area (Å²) in [5.41, 5.74) is 0.905. The second kappa shape index (κ2) is 4.61. The molecule has 2 rings (SSSR count). The summed E-state index contributed by atoms with van der Waals surface area (Å²) < 4.78 is 0. The highest BCUT2D eigenvalue weighted by atomic mass is 32.1. The lowest BCUT2D eigenvalue weighted by molar-refractivity contribution is 0.104. The fraction of sp³-hybridized carbons (Fsp3) is 0. The van der Waals surface area contributed by atoms with Crippen LogP contribution in [0.4, 0.5) is 0 Å². The van der Waals surface area contributed by atoms with Crippen molar-refractivity contribution >= 4 is 23.2 Å². The Morgan fingerprint density at radius 3 is 3.00 bits per heavy atom. The van der Waals surface area contributed by atoms with Crippen LogP contribution in [0.5, 0.6) is 0 Å². The maximum absolute atomic E-state index is 11.5. The van der Waals surface area contributed by atoms with Gasteiger partial charge in [-0.15, -0.1) is 11.3 Å². The molecule has 2 aromatic rings. The van der Waals surface area contributed by atoms with Crippen LogP contribution >= 0.6 is 11.3 Å². The van der Waals surface area contributed by atoms with Crippen LogP contribution in [0.25, 0.3) is 6.08 Å². The number of hydrogen-bond acceptors (Lipinski definition) is 4. The molecular weight excluding hydrogens is 208 g/mol. The van der Waals surface area contributed by atoms with Gasteiger partial charge in [-0.2, -0.15) is 0 Å². The number of allylic oxidation sites excluding steroid dienone is 1. The van der Waals surface area contributed by atoms with Gasteiger partial charge in [0.2, 0.25) is 5.78 Å². The van der Waals surface area contributed by atoms with Crippen molar-refractivity contribution in [2.75, 3.05) is 0 Å². The SMILES string of the molecule is O=C(C=Cc1cccnc1)c1nccs1. The van der Waals surface area contributed by atoms with Gasteiger partial charge in [-0.1, -0.05) is 6.07 Å². The molecule has 2 aromatic heterocycles. The first-order valence-electron chi connectivity index (χ1n) is 4.38. The highest BCUT2D eigenvalue weighted by molar-refractivity contribution is 7.11. The lowest BCUT2D eigenvalue weighted by Gasteiger charge is -1.89. The number of thiazole rings is 1. The Morgan fingerprint density at radius 2 is 2.33 bits per heavy atom. The van der Waals surface area contributed by atoms with E-state index in [4.69, 9.17) is 0 Å². The van der Waals surface area contributed by atoms with Crippen molar-refractivity contribution in [3.8, 4) is 0 Å². The fourth-order valence-electron chi connectivity index (χ4n) is 1.06. The van der Waals surface area contributed by atoms with Crippen molar-refractivity contribution < 1.29 is 4.79 Å². The van der Waals surface area contributed by atoms with Gasteiger partial charge in [0.05, 0.1) is 0 Å². The minimum atomic E-state index is -0.0751. The zero-order chi connectivity index (χ0) is 10.5. The largest absolute Gasteiger partial charge is 0.287 e. The van der Waals surface area contributed by atoms with Gasteiger partial charge in [0.15, 0.2) is 5.01 Å². The van der Waals surface area contributed by atoms with Crippen LogP contribution in [0.15, 0.2) is 42.2 Å². The minimum absolute atomic E-state index is 0.0751. The summed E-state index contributed by atoms with van der Waals surface area (Å²) in [5.74, 6) is -0.0751. The number of carbonyl (C=O) groups excluding carboxylic acids is 1. The zero-order valence-corrected chi connectivity index (χ0v) is 8.65. The Morgan fingerprint density at radius 1 is 1.40 bits per heavy atom. The monoisotopic (exact) mass is 216 g/mol. The molecule has 0 aliphatic rings. The average molecular weight is 216 g/mol. The third-order valence-corrected chi connectivity index (χ3v) is 2.54. The number of carbonyl (C=O) groups is 1. The molecule has 2 heterocycles. The normalized spacial score (nSPS) is 10.7. The molecule has 0 atom stereocenters. The predicted octanol–water partition coefficient (Wildman–Crippen LogP) is 2.43. The number of hydrogen-bond donors (Lipinski definition) is 0. The summed E-state index contributed by atoms with van der Waals surface area (Å²) in [6, 6.07) is 3.71. The summed E-state index contributed by atoms with van der Waals surface area (Å²) >= 11 is 1.34. The van der Waals surface area contributed by atoms with Crippen molar-refractivity contribution in [3.63, 3.8) is 0 Å². The van der Waals surface area contributed by atoms with E-state index in [0.29, 0.717) is 5.01 Å². The van der Waals surface area contributed by atoms with Gasteiger partial charge in [0, 0.05) is 24.0 Å². The topological polar surface area (TPSA) is 42.9 Å². The molecule has 0 bridgehead atoms. The second-order valence-corrected chi connectivity index (χ2v) is 3.72. The molecule has 0 aliphatic carbocycles. The third-order valence-electron chi connectivity index (χ3n) is 1.75. The van der Waals surface area contributed by atoms with Gasteiger partial charge in [0.1, 0.15) is 0 Å². The van der Waals surface area contributed by atoms with E-state index in [1.165, 1.54) is 17.4 Å². The van der Waals surface area contributed by atoms with Gasteiger partial charge in [-0.25, -0.2) is 4.98 Å². The van der Waals surface area contributed by atoms with E-state index in [-0.39, 0.29) is 5.78 Å². The van der Waals surface area contributed by atoms with E-state index in [9.17, 15) is 4.79 Å². The number of rotatable bonds is 3. The third kappa shape index (κ3) is 2.57. The molecule has 0 amide bonds. The van der Waals surface area contributed by atoms with Crippen molar-refractivity contribution in [2.24, 2.45) is 0 Å². The summed E-state index contributed by atoms with van der Waals surface area (Å²) in [6.07, 6.45) is 8.26. The van der Waals surface area contributed by atoms with E-state index in [1.807, 2.05) is 12.1 Å². The van der Waals surface area contributed by atoms with Gasteiger partial charge >= 0.3 is 0 Å². The molecule has 0 saturated heterocycles. The van der Waals surface area contributed by atoms with Crippen molar-refractivity contribution in [1.29, 1.82) is 0 Å². The van der Waals surface area contributed by atoms with E-state index in [1.54, 1.807) is 30.0 Å². The van der Waals surface area contributed by atoms with Crippen LogP contribution in [0.3, 0.4) is 0 Å². The van der Waals surface area contributed by atoms with E-state index >= 15 is 0 Å². The number of ketones is 1. The van der Waals surface area contributed by atoms with E-state index in [2.05, 4.69) is 9.97 Å². The molecule has 4 heteroatoms. The molecule has 3 nitrogen and oxygen atoms in total. The highest BCUT2D eigenvalue weighted by Crippen LogP contribution is 2.07. The molecule has 0 radical (unpaired) electrons. The quantitative estimate of drug-likeness (QED) is 0.584. The van der Waals surface area contributed by atoms with Crippen LogP contribution in [0.2, 0.25) is 0 Å². The summed E-state index contributed by atoms with van der Waals surface area (Å²) in [6.45, 7) is 0. The molecule has 0 aliphatic heterocycles. The standard InChI is InChI=1S/C11H8N2OS/c14-10(11-13-6-7-15-11)4-3-9-2-1-5-12-8-9/h1-8H. The first kappa shape index (κ1) is 9.73. The molecule has 0 unspecified atom stereocenters. The van der Waals surface area contributed by atoms with Gasteiger partial charge in [0.25, 0.3) is 0 Å². The fourth-order valence-corrected chi connectivity index (χ4v) is 1.62. The smallest absolute Gasteiger partial charge is 0.214 e. The molecule has 15 heavy (non-hydrogen) atoms. The van der Waals surface area contributed by atoms with Crippen molar-refractivity contribution in [1.82, 2.24) is 9.97 Å². The molecule has 0 spiro atoms. The van der Waals surface area contributed by atoms with Crippen LogP contribution in [-0.4, -0.2) is 15.8 Å². The maximum Gasteiger partial charge on any atom is 0.214 e. The first-order valence-corrected chi connectivity index (χ1v) is 5.26. The Hall–Kier alpha value is -1.81. The van der Waals surface area contributed by atoms with Crippen LogP contribution in [0, 0.1) is 0 Å². The van der Waals surface area contributed by atoms with Gasteiger partial charge in [-0.3, -0.25) is 9.78 Å². The molecule has 0 N–H and O–H groups in total.